The molecule has 0 aliphatic carbocycles. The van der Waals surface area contributed by atoms with Gasteiger partial charge in [-0.15, -0.1) is 0 Å². The summed E-state index contributed by atoms with van der Waals surface area (Å²) in [5.41, 5.74) is -1.59. The second kappa shape index (κ2) is 4.37. The quantitative estimate of drug-likeness (QED) is 0.727. The third kappa shape index (κ3) is 3.03. The number of nitrogens with one attached hydrogen (secondary N) is 1. The summed E-state index contributed by atoms with van der Waals surface area (Å²) >= 11 is 0. The number of hydrogen-bond acceptors (Lipinski definition) is 3. The van der Waals surface area contributed by atoms with Crippen molar-refractivity contribution < 1.29 is 36.6 Å². The van der Waals surface area contributed by atoms with Crippen LogP contribution in [-0.4, -0.2) is 48.5 Å². The van der Waals surface area contributed by atoms with E-state index in [1.807, 2.05) is 0 Å². The van der Waals surface area contributed by atoms with Crippen molar-refractivity contribution in [2.24, 2.45) is 0 Å². The van der Waals surface area contributed by atoms with Gasteiger partial charge in [0.1, 0.15) is 5.60 Å². The fraction of sp³-hybridized carbons (Fsp3) is 0.875. The normalized spacial score (nSPS) is 26.0. The Bertz CT molecular complexity index is 298. The maximum atomic E-state index is 12.5. The zero-order valence-electron chi connectivity index (χ0n) is 8.48. The minimum atomic E-state index is -5.95. The van der Waals surface area contributed by atoms with E-state index in [1.54, 1.807) is 0 Å². The van der Waals surface area contributed by atoms with Crippen molar-refractivity contribution in [3.8, 4) is 0 Å². The Labute approximate surface area is 92.7 Å². The highest BCUT2D eigenvalue weighted by molar-refractivity contribution is 5.84. The molecule has 1 saturated heterocycles. The van der Waals surface area contributed by atoms with Crippen molar-refractivity contribution in [2.45, 2.75) is 24.1 Å². The highest BCUT2D eigenvalue weighted by Gasteiger charge is 2.63. The maximum absolute atomic E-state index is 12.5. The van der Waals surface area contributed by atoms with Gasteiger partial charge in [0, 0.05) is 19.6 Å². The number of hydrogen-bond donors (Lipinski definition) is 2. The van der Waals surface area contributed by atoms with E-state index in [4.69, 9.17) is 4.74 Å². The van der Waals surface area contributed by atoms with Gasteiger partial charge in [0.15, 0.2) is 0 Å². The molecule has 1 heterocycles. The lowest BCUT2D eigenvalue weighted by atomic mass is 10.0. The molecule has 1 rings (SSSR count). The van der Waals surface area contributed by atoms with Crippen LogP contribution in [-0.2, 0) is 9.53 Å². The van der Waals surface area contributed by atoms with E-state index in [1.165, 1.54) is 5.32 Å². The fourth-order valence-corrected chi connectivity index (χ4v) is 1.22. The van der Waals surface area contributed by atoms with E-state index >= 15 is 0 Å². The molecule has 0 radical (unpaired) electrons. The van der Waals surface area contributed by atoms with Gasteiger partial charge in [0.05, 0.1) is 6.61 Å². The van der Waals surface area contributed by atoms with Crippen molar-refractivity contribution >= 4 is 5.91 Å². The monoisotopic (exact) mass is 263 g/mol. The van der Waals surface area contributed by atoms with Gasteiger partial charge >= 0.3 is 12.1 Å². The molecule has 0 saturated carbocycles. The zero-order valence-corrected chi connectivity index (χ0v) is 8.48. The Morgan fingerprint density at radius 2 is 1.94 bits per heavy atom. The third-order valence-electron chi connectivity index (χ3n) is 2.30. The van der Waals surface area contributed by atoms with Crippen LogP contribution in [0.5, 0.6) is 0 Å². The number of carbonyl (C=O) groups excluding carboxylic acids is 1. The molecule has 1 amide bonds. The van der Waals surface area contributed by atoms with E-state index in [2.05, 4.69) is 0 Å². The lowest BCUT2D eigenvalue weighted by Gasteiger charge is -2.23. The number of aliphatic hydroxyl groups is 1. The molecular formula is C8H10F5NO3. The van der Waals surface area contributed by atoms with Gasteiger partial charge in [0.25, 0.3) is 5.91 Å². The summed E-state index contributed by atoms with van der Waals surface area (Å²) in [6, 6.07) is 0. The topological polar surface area (TPSA) is 58.6 Å². The summed E-state index contributed by atoms with van der Waals surface area (Å²) in [6.07, 6.45) is -5.89. The van der Waals surface area contributed by atoms with Gasteiger partial charge in [-0.2, -0.15) is 22.0 Å². The molecule has 0 aromatic rings. The number of alkyl halides is 5. The largest absolute Gasteiger partial charge is 0.463 e. The molecule has 0 aromatic carbocycles. The molecule has 4 nitrogen and oxygen atoms in total. The Morgan fingerprint density at radius 1 is 1.35 bits per heavy atom. The predicted molar refractivity (Wildman–Crippen MR) is 44.4 cm³/mol. The third-order valence-corrected chi connectivity index (χ3v) is 2.30. The van der Waals surface area contributed by atoms with Crippen molar-refractivity contribution in [1.29, 1.82) is 0 Å². The van der Waals surface area contributed by atoms with Crippen LogP contribution in [0.1, 0.15) is 6.42 Å². The summed E-state index contributed by atoms with van der Waals surface area (Å²) in [5, 5.41) is 10.9. The van der Waals surface area contributed by atoms with Crippen LogP contribution in [0.3, 0.4) is 0 Å². The van der Waals surface area contributed by atoms with Crippen LogP contribution < -0.4 is 5.32 Å². The van der Waals surface area contributed by atoms with Crippen molar-refractivity contribution in [3.63, 3.8) is 0 Å². The first-order valence-electron chi connectivity index (χ1n) is 4.61. The Hall–Kier alpha value is -0.960. The van der Waals surface area contributed by atoms with Gasteiger partial charge in [-0.25, -0.2) is 0 Å². The van der Waals surface area contributed by atoms with E-state index in [-0.39, 0.29) is 19.6 Å². The molecule has 100 valence electrons. The lowest BCUT2D eigenvalue weighted by Crippen LogP contribution is -2.54. The van der Waals surface area contributed by atoms with Crippen molar-refractivity contribution in [2.75, 3.05) is 19.8 Å². The lowest BCUT2D eigenvalue weighted by molar-refractivity contribution is -0.270. The fourth-order valence-electron chi connectivity index (χ4n) is 1.22. The first-order chi connectivity index (χ1) is 7.58. The van der Waals surface area contributed by atoms with Crippen LogP contribution in [0.4, 0.5) is 22.0 Å². The van der Waals surface area contributed by atoms with Crippen LogP contribution in [0.2, 0.25) is 0 Å². The molecule has 1 aliphatic rings. The van der Waals surface area contributed by atoms with Crippen molar-refractivity contribution in [1.82, 2.24) is 5.32 Å². The summed E-state index contributed by atoms with van der Waals surface area (Å²) < 4.78 is 65.0. The first-order valence-corrected chi connectivity index (χ1v) is 4.61. The summed E-state index contributed by atoms with van der Waals surface area (Å²) in [5.74, 6) is -7.95. The molecule has 17 heavy (non-hydrogen) atoms. The SMILES string of the molecule is O=C(NCC1(O)CCOC1)C(F)(F)C(F)(F)F. The van der Waals surface area contributed by atoms with Crippen LogP contribution in [0, 0.1) is 0 Å². The zero-order chi connectivity index (χ0) is 13.3. The summed E-state index contributed by atoms with van der Waals surface area (Å²) in [4.78, 5) is 10.7. The summed E-state index contributed by atoms with van der Waals surface area (Å²) in [7, 11) is 0. The second-order valence-corrected chi connectivity index (χ2v) is 3.78. The average molecular weight is 263 g/mol. The molecule has 2 N–H and O–H groups in total. The average Bonchev–Trinajstić information content (AvgIpc) is 2.60. The Kier molecular flexibility index (Phi) is 3.63. The van der Waals surface area contributed by atoms with Gasteiger partial charge in [0.2, 0.25) is 0 Å². The molecule has 1 aliphatic heterocycles. The molecule has 0 aromatic heterocycles. The van der Waals surface area contributed by atoms with Gasteiger partial charge in [-0.3, -0.25) is 4.79 Å². The second-order valence-electron chi connectivity index (χ2n) is 3.78. The number of ether oxygens (including phenoxy) is 1. The molecule has 1 fully saturated rings. The van der Waals surface area contributed by atoms with Crippen molar-refractivity contribution in [3.05, 3.63) is 0 Å². The molecule has 1 atom stereocenters. The highest BCUT2D eigenvalue weighted by Crippen LogP contribution is 2.35. The van der Waals surface area contributed by atoms with E-state index < -0.39 is 30.2 Å². The minimum absolute atomic E-state index is 0.0604. The predicted octanol–water partition coefficient (Wildman–Crippen LogP) is 0.452. The van der Waals surface area contributed by atoms with Gasteiger partial charge in [-0.05, 0) is 0 Å². The molecule has 0 bridgehead atoms. The van der Waals surface area contributed by atoms with Gasteiger partial charge in [-0.1, -0.05) is 0 Å². The standard InChI is InChI=1S/C8H10F5NO3/c9-7(10,8(11,12)13)5(15)14-3-6(16)1-2-17-4-6/h16H,1-4H2,(H,14,15). The van der Waals surface area contributed by atoms with E-state index in [0.717, 1.165) is 0 Å². The van der Waals surface area contributed by atoms with E-state index in [0.29, 0.717) is 0 Å². The van der Waals surface area contributed by atoms with E-state index in [9.17, 15) is 31.9 Å². The molecule has 0 spiro atoms. The highest BCUT2D eigenvalue weighted by atomic mass is 19.4. The summed E-state index contributed by atoms with van der Waals surface area (Å²) in [6.45, 7) is -0.773. The first kappa shape index (κ1) is 14.1. The minimum Gasteiger partial charge on any atom is -0.386 e. The maximum Gasteiger partial charge on any atom is 0.463 e. The van der Waals surface area contributed by atoms with Crippen LogP contribution in [0.25, 0.3) is 0 Å². The number of carbonyl (C=O) groups is 1. The molecule has 9 heteroatoms. The van der Waals surface area contributed by atoms with Crippen LogP contribution in [0.15, 0.2) is 0 Å². The molecule has 1 unspecified atom stereocenters. The van der Waals surface area contributed by atoms with Gasteiger partial charge < -0.3 is 15.2 Å². The Morgan fingerprint density at radius 3 is 2.35 bits per heavy atom. The van der Waals surface area contributed by atoms with Crippen LogP contribution >= 0.6 is 0 Å². The smallest absolute Gasteiger partial charge is 0.386 e. The molecular weight excluding hydrogens is 253 g/mol. The number of rotatable bonds is 3. The Balaban J connectivity index is 2.55. The number of amides is 1. The number of halogens is 5.